The van der Waals surface area contributed by atoms with E-state index < -0.39 is 53.8 Å². The van der Waals surface area contributed by atoms with Crippen LogP contribution in [0, 0.1) is 23.3 Å². The number of hydrogen-bond donors (Lipinski definition) is 0. The summed E-state index contributed by atoms with van der Waals surface area (Å²) in [6, 6.07) is 0. The first-order valence-corrected chi connectivity index (χ1v) is 4.87. The highest BCUT2D eigenvalue weighted by molar-refractivity contribution is 5.51. The van der Waals surface area contributed by atoms with Crippen LogP contribution < -0.4 is 4.74 Å². The zero-order valence-electron chi connectivity index (χ0n) is 9.25. The van der Waals surface area contributed by atoms with Crippen molar-refractivity contribution in [2.45, 2.75) is 12.6 Å². The predicted molar refractivity (Wildman–Crippen MR) is 52.5 cm³/mol. The molecule has 0 heterocycles. The summed E-state index contributed by atoms with van der Waals surface area (Å²) in [6.07, 6.45) is -5.60. The van der Waals surface area contributed by atoms with Crippen LogP contribution in [-0.2, 0) is 0 Å². The number of rotatable bonds is 4. The minimum absolute atomic E-state index is 0.538. The highest BCUT2D eigenvalue weighted by Crippen LogP contribution is 2.31. The van der Waals surface area contributed by atoms with Crippen molar-refractivity contribution in [3.63, 3.8) is 0 Å². The molecule has 0 saturated heterocycles. The Morgan fingerprint density at radius 1 is 0.947 bits per heavy atom. The lowest BCUT2D eigenvalue weighted by Gasteiger charge is -2.12. The van der Waals surface area contributed by atoms with Gasteiger partial charge in [0.15, 0.2) is 17.4 Å². The Bertz CT molecular complexity index is 464. The van der Waals surface area contributed by atoms with E-state index >= 15 is 0 Å². The maximum absolute atomic E-state index is 13.3. The molecule has 0 bridgehead atoms. The molecule has 1 rings (SSSR count). The summed E-state index contributed by atoms with van der Waals surface area (Å²) >= 11 is 0. The average molecular weight is 288 g/mol. The molecule has 0 spiro atoms. The third kappa shape index (κ3) is 3.39. The number of alkyl halides is 3. The molecule has 0 amide bonds. The van der Waals surface area contributed by atoms with Crippen LogP contribution in [0.3, 0.4) is 0 Å². The van der Waals surface area contributed by atoms with Gasteiger partial charge < -0.3 is 4.74 Å². The molecule has 0 aromatic heterocycles. The van der Waals surface area contributed by atoms with Crippen molar-refractivity contribution in [2.24, 2.45) is 0 Å². The first-order valence-electron chi connectivity index (χ1n) is 4.87. The van der Waals surface area contributed by atoms with Crippen LogP contribution in [0.2, 0.25) is 0 Å². The average Bonchev–Trinajstić information content (AvgIpc) is 2.30. The molecule has 0 aliphatic heterocycles. The van der Waals surface area contributed by atoms with E-state index in [1.54, 1.807) is 0 Å². The summed E-state index contributed by atoms with van der Waals surface area (Å²) in [5.41, 5.74) is -1.06. The smallest absolute Gasteiger partial charge is 0.392 e. The maximum Gasteiger partial charge on any atom is 0.392 e. The molecule has 106 valence electrons. The van der Waals surface area contributed by atoms with Gasteiger partial charge in [0.2, 0.25) is 11.6 Å². The van der Waals surface area contributed by atoms with E-state index in [9.17, 15) is 30.7 Å². The minimum Gasteiger partial charge on any atom is -0.487 e. The Morgan fingerprint density at radius 3 is 1.79 bits per heavy atom. The first-order chi connectivity index (χ1) is 8.69. The Hall–Kier alpha value is -1.73. The molecule has 0 fully saturated rings. The number of benzene rings is 1. The van der Waals surface area contributed by atoms with Crippen LogP contribution in [0.5, 0.6) is 5.75 Å². The largest absolute Gasteiger partial charge is 0.487 e. The molecule has 0 saturated carbocycles. The van der Waals surface area contributed by atoms with Crippen LogP contribution in [0.25, 0.3) is 6.08 Å². The van der Waals surface area contributed by atoms with Gasteiger partial charge in [-0.1, -0.05) is 12.7 Å². The molecule has 0 aliphatic carbocycles. The van der Waals surface area contributed by atoms with Gasteiger partial charge in [-0.05, 0) is 0 Å². The maximum atomic E-state index is 13.3. The van der Waals surface area contributed by atoms with E-state index in [1.807, 2.05) is 0 Å². The third-order valence-corrected chi connectivity index (χ3v) is 2.09. The fourth-order valence-electron chi connectivity index (χ4n) is 1.20. The molecular weight excluding hydrogens is 281 g/mol. The number of ether oxygens (including phenoxy) is 1. The van der Waals surface area contributed by atoms with Crippen LogP contribution in [0.1, 0.15) is 12.0 Å². The molecule has 0 unspecified atom stereocenters. The van der Waals surface area contributed by atoms with Gasteiger partial charge in [0.1, 0.15) is 0 Å². The van der Waals surface area contributed by atoms with Crippen molar-refractivity contribution < 1.29 is 35.5 Å². The summed E-state index contributed by atoms with van der Waals surface area (Å²) in [4.78, 5) is 0. The summed E-state index contributed by atoms with van der Waals surface area (Å²) in [7, 11) is 0. The van der Waals surface area contributed by atoms with E-state index in [2.05, 4.69) is 11.3 Å². The first kappa shape index (κ1) is 15.3. The fourth-order valence-corrected chi connectivity index (χ4v) is 1.20. The van der Waals surface area contributed by atoms with E-state index in [0.717, 1.165) is 0 Å². The van der Waals surface area contributed by atoms with E-state index in [4.69, 9.17) is 0 Å². The highest BCUT2D eigenvalue weighted by atomic mass is 19.4. The van der Waals surface area contributed by atoms with E-state index in [0.29, 0.717) is 6.08 Å². The second-order valence-corrected chi connectivity index (χ2v) is 3.42. The quantitative estimate of drug-likeness (QED) is 0.595. The van der Waals surface area contributed by atoms with Gasteiger partial charge >= 0.3 is 6.18 Å². The molecule has 0 N–H and O–H groups in total. The van der Waals surface area contributed by atoms with E-state index in [-0.39, 0.29) is 0 Å². The molecule has 0 atom stereocenters. The Balaban J connectivity index is 3.06. The lowest BCUT2D eigenvalue weighted by molar-refractivity contribution is -0.139. The topological polar surface area (TPSA) is 9.23 Å². The summed E-state index contributed by atoms with van der Waals surface area (Å²) in [6.45, 7) is 1.79. The van der Waals surface area contributed by atoms with Crippen LogP contribution in [0.4, 0.5) is 30.7 Å². The van der Waals surface area contributed by atoms with Crippen molar-refractivity contribution in [3.8, 4) is 5.75 Å². The minimum atomic E-state index is -4.62. The molecule has 1 aromatic carbocycles. The lowest BCUT2D eigenvalue weighted by atomic mass is 10.1. The van der Waals surface area contributed by atoms with Gasteiger partial charge in [0.05, 0.1) is 18.6 Å². The van der Waals surface area contributed by atoms with Gasteiger partial charge in [0.25, 0.3) is 0 Å². The molecule has 1 aromatic rings. The Morgan fingerprint density at radius 2 is 1.42 bits per heavy atom. The van der Waals surface area contributed by atoms with Gasteiger partial charge in [0, 0.05) is 0 Å². The molecule has 8 heteroatoms. The molecule has 19 heavy (non-hydrogen) atoms. The Kier molecular flexibility index (Phi) is 4.43. The molecule has 1 nitrogen and oxygen atoms in total. The third-order valence-electron chi connectivity index (χ3n) is 2.09. The molecular formula is C11H7F7O. The highest BCUT2D eigenvalue weighted by Gasteiger charge is 2.29. The summed E-state index contributed by atoms with van der Waals surface area (Å²) < 4.78 is 92.5. The zero-order chi connectivity index (χ0) is 14.8. The van der Waals surface area contributed by atoms with Crippen molar-refractivity contribution >= 4 is 6.08 Å². The van der Waals surface area contributed by atoms with Crippen molar-refractivity contribution in [1.82, 2.24) is 0 Å². The van der Waals surface area contributed by atoms with Crippen molar-refractivity contribution in [1.29, 1.82) is 0 Å². The standard InChI is InChI=1S/C11H7F7O/c1-2-5-6(12)8(14)10(9(15)7(5)13)19-4-3-11(16,17)18/h2H,1,3-4H2. The summed E-state index contributed by atoms with van der Waals surface area (Å²) in [5.74, 6) is -8.90. The zero-order valence-corrected chi connectivity index (χ0v) is 9.25. The second kappa shape index (κ2) is 5.50. The SMILES string of the molecule is C=Cc1c(F)c(F)c(OCCC(F)(F)F)c(F)c1F. The van der Waals surface area contributed by atoms with Gasteiger partial charge in [-0.25, -0.2) is 8.78 Å². The van der Waals surface area contributed by atoms with Crippen LogP contribution in [0.15, 0.2) is 6.58 Å². The monoisotopic (exact) mass is 288 g/mol. The number of hydrogen-bond acceptors (Lipinski definition) is 1. The fraction of sp³-hybridized carbons (Fsp3) is 0.273. The normalized spacial score (nSPS) is 11.5. The summed E-state index contributed by atoms with van der Waals surface area (Å²) in [5, 5.41) is 0. The second-order valence-electron chi connectivity index (χ2n) is 3.42. The van der Waals surface area contributed by atoms with Crippen LogP contribution >= 0.6 is 0 Å². The number of halogens is 7. The van der Waals surface area contributed by atoms with Gasteiger partial charge in [-0.2, -0.15) is 22.0 Å². The van der Waals surface area contributed by atoms with Crippen molar-refractivity contribution in [3.05, 3.63) is 35.4 Å². The van der Waals surface area contributed by atoms with Crippen molar-refractivity contribution in [2.75, 3.05) is 6.61 Å². The molecule has 0 aliphatic rings. The van der Waals surface area contributed by atoms with Gasteiger partial charge in [-0.15, -0.1) is 0 Å². The predicted octanol–water partition coefficient (Wildman–Crippen LogP) is 4.22. The Labute approximate surface area is 103 Å². The van der Waals surface area contributed by atoms with Gasteiger partial charge in [-0.3, -0.25) is 0 Å². The molecule has 0 radical (unpaired) electrons. The van der Waals surface area contributed by atoms with Crippen LogP contribution in [-0.4, -0.2) is 12.8 Å². The lowest BCUT2D eigenvalue weighted by Crippen LogP contribution is -2.15. The van der Waals surface area contributed by atoms with E-state index in [1.165, 1.54) is 0 Å².